The molecule has 0 bridgehead atoms. The third-order valence-electron chi connectivity index (χ3n) is 4.83. The van der Waals surface area contributed by atoms with E-state index in [-0.39, 0.29) is 5.82 Å². The quantitative estimate of drug-likeness (QED) is 0.451. The molecule has 24 heavy (non-hydrogen) atoms. The molecule has 0 aromatic heterocycles. The highest BCUT2D eigenvalue weighted by molar-refractivity contribution is 5.41. The van der Waals surface area contributed by atoms with Gasteiger partial charge in [0.15, 0.2) is 0 Å². The number of hydrogen-bond acceptors (Lipinski definition) is 1. The monoisotopic (exact) mass is 328 g/mol. The van der Waals surface area contributed by atoms with Crippen LogP contribution in [0.1, 0.15) is 64.4 Å². The Morgan fingerprint density at radius 3 is 2.67 bits per heavy atom. The van der Waals surface area contributed by atoms with Crippen LogP contribution >= 0.6 is 0 Å². The van der Waals surface area contributed by atoms with Crippen LogP contribution in [0.2, 0.25) is 0 Å². The van der Waals surface area contributed by atoms with Gasteiger partial charge in [0.2, 0.25) is 0 Å². The van der Waals surface area contributed by atoms with Crippen LogP contribution in [0.4, 0.5) is 4.39 Å². The van der Waals surface area contributed by atoms with Crippen molar-refractivity contribution in [1.29, 1.82) is 0 Å². The summed E-state index contributed by atoms with van der Waals surface area (Å²) in [5.41, 5.74) is 0.428. The predicted molar refractivity (Wildman–Crippen MR) is 98.6 cm³/mol. The highest BCUT2D eigenvalue weighted by Crippen LogP contribution is 2.31. The summed E-state index contributed by atoms with van der Waals surface area (Å²) >= 11 is 0. The van der Waals surface area contributed by atoms with E-state index in [1.165, 1.54) is 38.2 Å². The molecule has 2 rings (SSSR count). The third kappa shape index (κ3) is 6.04. The lowest BCUT2D eigenvalue weighted by molar-refractivity contribution is 0.304. The van der Waals surface area contributed by atoms with Crippen molar-refractivity contribution in [2.45, 2.75) is 58.8 Å². The van der Waals surface area contributed by atoms with E-state index < -0.39 is 0 Å². The second-order valence-electron chi connectivity index (χ2n) is 6.66. The van der Waals surface area contributed by atoms with Crippen LogP contribution in [0.25, 0.3) is 0 Å². The summed E-state index contributed by atoms with van der Waals surface area (Å²) in [7, 11) is 0. The molecule has 0 saturated heterocycles. The molecule has 0 unspecified atom stereocenters. The SMILES string of the molecule is CCCCOc1ccc(C#C/C=C/[C@H]2CC[C@H](CC)CC2)c(F)c1. The number of halogens is 1. The number of unbranched alkanes of at least 4 members (excludes halogenated alkanes) is 1. The molecule has 1 aromatic rings. The Labute approximate surface area is 146 Å². The molecule has 0 N–H and O–H groups in total. The highest BCUT2D eigenvalue weighted by atomic mass is 19.1. The lowest BCUT2D eigenvalue weighted by atomic mass is 9.81. The van der Waals surface area contributed by atoms with E-state index in [4.69, 9.17) is 4.74 Å². The van der Waals surface area contributed by atoms with Crippen LogP contribution in [0.5, 0.6) is 5.75 Å². The minimum Gasteiger partial charge on any atom is -0.493 e. The Kier molecular flexibility index (Phi) is 7.89. The average Bonchev–Trinajstić information content (AvgIpc) is 2.61. The molecule has 0 heterocycles. The first kappa shape index (κ1) is 18.6. The van der Waals surface area contributed by atoms with Crippen LogP contribution < -0.4 is 4.74 Å². The molecule has 0 aliphatic heterocycles. The Morgan fingerprint density at radius 1 is 1.21 bits per heavy atom. The van der Waals surface area contributed by atoms with Crippen molar-refractivity contribution >= 4 is 0 Å². The largest absolute Gasteiger partial charge is 0.493 e. The maximum atomic E-state index is 14.0. The minimum atomic E-state index is -0.312. The average molecular weight is 328 g/mol. The van der Waals surface area contributed by atoms with Crippen molar-refractivity contribution in [3.63, 3.8) is 0 Å². The number of hydrogen-bond donors (Lipinski definition) is 0. The van der Waals surface area contributed by atoms with Crippen molar-refractivity contribution in [3.05, 3.63) is 41.7 Å². The molecule has 1 aliphatic rings. The zero-order valence-electron chi connectivity index (χ0n) is 15.0. The fraction of sp³-hybridized carbons (Fsp3) is 0.545. The normalized spacial score (nSPS) is 20.6. The van der Waals surface area contributed by atoms with Crippen LogP contribution in [0, 0.1) is 29.5 Å². The molecule has 0 spiro atoms. The molecule has 1 aliphatic carbocycles. The summed E-state index contributed by atoms with van der Waals surface area (Å²) in [5.74, 6) is 7.69. The van der Waals surface area contributed by atoms with E-state index in [9.17, 15) is 4.39 Å². The third-order valence-corrected chi connectivity index (χ3v) is 4.83. The van der Waals surface area contributed by atoms with Gasteiger partial charge in [-0.2, -0.15) is 0 Å². The zero-order chi connectivity index (χ0) is 17.2. The summed E-state index contributed by atoms with van der Waals surface area (Å²) in [6, 6.07) is 4.91. The summed E-state index contributed by atoms with van der Waals surface area (Å²) in [4.78, 5) is 0. The van der Waals surface area contributed by atoms with Gasteiger partial charge in [-0.05, 0) is 62.1 Å². The van der Waals surface area contributed by atoms with Gasteiger partial charge in [-0.3, -0.25) is 0 Å². The Hall–Kier alpha value is -1.75. The number of ether oxygens (including phenoxy) is 1. The molecule has 1 saturated carbocycles. The van der Waals surface area contributed by atoms with Gasteiger partial charge in [0.25, 0.3) is 0 Å². The molecule has 1 nitrogen and oxygen atoms in total. The van der Waals surface area contributed by atoms with E-state index in [1.807, 2.05) is 6.08 Å². The number of rotatable bonds is 6. The standard InChI is InChI=1S/C22H29FO/c1-3-5-16-24-21-15-14-20(22(23)17-21)9-7-6-8-19-12-10-18(4-2)11-13-19/h6,8,14-15,17-19H,3-5,10-13,16H2,1-2H3/b8-6+/t18-,19-. The van der Waals surface area contributed by atoms with Crippen molar-refractivity contribution in [3.8, 4) is 17.6 Å². The molecule has 1 fully saturated rings. The van der Waals surface area contributed by atoms with Gasteiger partial charge in [-0.1, -0.05) is 44.6 Å². The van der Waals surface area contributed by atoms with Gasteiger partial charge in [0.1, 0.15) is 11.6 Å². The van der Waals surface area contributed by atoms with E-state index in [0.717, 1.165) is 18.8 Å². The van der Waals surface area contributed by atoms with Crippen LogP contribution in [0.3, 0.4) is 0 Å². The molecular formula is C22H29FO. The topological polar surface area (TPSA) is 9.23 Å². The van der Waals surface area contributed by atoms with Crippen LogP contribution in [0.15, 0.2) is 30.4 Å². The second-order valence-corrected chi connectivity index (χ2v) is 6.66. The van der Waals surface area contributed by atoms with Crippen molar-refractivity contribution < 1.29 is 9.13 Å². The maximum Gasteiger partial charge on any atom is 0.142 e. The molecule has 2 heteroatoms. The van der Waals surface area contributed by atoms with Gasteiger partial charge in [-0.25, -0.2) is 4.39 Å². The van der Waals surface area contributed by atoms with E-state index in [2.05, 4.69) is 31.8 Å². The van der Waals surface area contributed by atoms with Crippen LogP contribution in [-0.2, 0) is 0 Å². The van der Waals surface area contributed by atoms with Gasteiger partial charge < -0.3 is 4.74 Å². The Morgan fingerprint density at radius 2 is 2.00 bits per heavy atom. The van der Waals surface area contributed by atoms with Crippen molar-refractivity contribution in [1.82, 2.24) is 0 Å². The fourth-order valence-electron chi connectivity index (χ4n) is 3.11. The van der Waals surface area contributed by atoms with E-state index >= 15 is 0 Å². The predicted octanol–water partition coefficient (Wildman–Crippen LogP) is 6.13. The molecule has 1 aromatic carbocycles. The number of benzene rings is 1. The van der Waals surface area contributed by atoms with Gasteiger partial charge in [0, 0.05) is 6.07 Å². The van der Waals surface area contributed by atoms with Gasteiger partial charge in [0.05, 0.1) is 12.2 Å². The summed E-state index contributed by atoms with van der Waals surface area (Å²) in [6.07, 6.45) is 12.6. The first-order valence-electron chi connectivity index (χ1n) is 9.33. The fourth-order valence-corrected chi connectivity index (χ4v) is 3.11. The molecular weight excluding hydrogens is 299 g/mol. The summed E-state index contributed by atoms with van der Waals surface area (Å²) in [5, 5.41) is 0. The highest BCUT2D eigenvalue weighted by Gasteiger charge is 2.17. The van der Waals surface area contributed by atoms with Gasteiger partial charge in [-0.15, -0.1) is 0 Å². The van der Waals surface area contributed by atoms with Crippen molar-refractivity contribution in [2.24, 2.45) is 11.8 Å². The molecule has 0 amide bonds. The Balaban J connectivity index is 1.85. The van der Waals surface area contributed by atoms with Crippen LogP contribution in [-0.4, -0.2) is 6.61 Å². The first-order valence-corrected chi connectivity index (χ1v) is 9.33. The lowest BCUT2D eigenvalue weighted by Gasteiger charge is -2.25. The van der Waals surface area contributed by atoms with Gasteiger partial charge >= 0.3 is 0 Å². The number of allylic oxidation sites excluding steroid dienone is 2. The maximum absolute atomic E-state index is 14.0. The first-order chi connectivity index (χ1) is 11.7. The lowest BCUT2D eigenvalue weighted by Crippen LogP contribution is -2.11. The summed E-state index contributed by atoms with van der Waals surface area (Å²) < 4.78 is 19.5. The zero-order valence-corrected chi connectivity index (χ0v) is 15.0. The van der Waals surface area contributed by atoms with E-state index in [0.29, 0.717) is 23.8 Å². The summed E-state index contributed by atoms with van der Waals surface area (Å²) in [6.45, 7) is 5.01. The van der Waals surface area contributed by atoms with E-state index in [1.54, 1.807) is 12.1 Å². The molecule has 0 atom stereocenters. The molecule has 0 radical (unpaired) electrons. The Bertz CT molecular complexity index is 586. The smallest absolute Gasteiger partial charge is 0.142 e. The minimum absolute atomic E-state index is 0.312. The molecule has 130 valence electrons. The van der Waals surface area contributed by atoms with Crippen molar-refractivity contribution in [2.75, 3.05) is 6.61 Å². The second kappa shape index (κ2) is 10.2.